The van der Waals surface area contributed by atoms with Crippen LogP contribution in [-0.4, -0.2) is 30.8 Å². The Morgan fingerprint density at radius 2 is 2.09 bits per heavy atom. The molecule has 0 bridgehead atoms. The summed E-state index contributed by atoms with van der Waals surface area (Å²) in [5, 5.41) is 4.66. The highest BCUT2D eigenvalue weighted by Crippen LogP contribution is 2.13. The maximum Gasteiger partial charge on any atom is 0.0896 e. The lowest BCUT2D eigenvalue weighted by atomic mass is 9.96. The topological polar surface area (TPSA) is 37.3 Å². The molecule has 0 spiro atoms. The highest BCUT2D eigenvalue weighted by Gasteiger charge is 2.08. The van der Waals surface area contributed by atoms with Crippen LogP contribution in [0.4, 0.5) is 0 Å². The highest BCUT2D eigenvalue weighted by molar-refractivity contribution is 7.11. The molecule has 23 heavy (non-hydrogen) atoms. The van der Waals surface area contributed by atoms with Gasteiger partial charge in [0, 0.05) is 36.9 Å². The van der Waals surface area contributed by atoms with Gasteiger partial charge >= 0.3 is 0 Å². The summed E-state index contributed by atoms with van der Waals surface area (Å²) in [6.45, 7) is 6.22. The lowest BCUT2D eigenvalue weighted by Gasteiger charge is -2.14. The number of aryl methyl sites for hydroxylation is 1. The van der Waals surface area contributed by atoms with E-state index in [1.54, 1.807) is 11.3 Å². The Morgan fingerprint density at radius 1 is 1.30 bits per heavy atom. The molecule has 0 saturated heterocycles. The van der Waals surface area contributed by atoms with Gasteiger partial charge in [0.25, 0.3) is 0 Å². The molecule has 0 aliphatic heterocycles. The number of hydrogen-bond donors (Lipinski definition) is 1. The molecule has 3 nitrogen and oxygen atoms in total. The first-order chi connectivity index (χ1) is 11.2. The number of aromatic nitrogens is 1. The summed E-state index contributed by atoms with van der Waals surface area (Å²) in [5.74, 6) is 0.613. The molecule has 2 aromatic rings. The van der Waals surface area contributed by atoms with E-state index >= 15 is 0 Å². The van der Waals surface area contributed by atoms with Crippen LogP contribution in [0, 0.1) is 12.8 Å². The lowest BCUT2D eigenvalue weighted by molar-refractivity contribution is 0.598. The molecule has 0 aliphatic rings. The quantitative estimate of drug-likeness (QED) is 0.559. The third-order valence-electron chi connectivity index (χ3n) is 3.87. The Balaban J connectivity index is 1.68. The summed E-state index contributed by atoms with van der Waals surface area (Å²) in [7, 11) is 1.90. The fraction of sp³-hybridized carbons (Fsp3) is 0.474. The lowest BCUT2D eigenvalue weighted by Crippen LogP contribution is -2.26. The van der Waals surface area contributed by atoms with E-state index in [0.29, 0.717) is 5.92 Å². The molecule has 1 N–H and O–H groups in total. The molecule has 0 radical (unpaired) electrons. The molecular weight excluding hydrogens is 302 g/mol. The van der Waals surface area contributed by atoms with E-state index in [1.165, 1.54) is 16.2 Å². The first kappa shape index (κ1) is 17.8. The van der Waals surface area contributed by atoms with Crippen LogP contribution in [0.25, 0.3) is 0 Å². The van der Waals surface area contributed by atoms with Crippen molar-refractivity contribution in [1.82, 2.24) is 10.3 Å². The van der Waals surface area contributed by atoms with Gasteiger partial charge in [-0.15, -0.1) is 11.3 Å². The number of nitrogens with zero attached hydrogens (tertiary/aromatic N) is 2. The van der Waals surface area contributed by atoms with Gasteiger partial charge in [0.2, 0.25) is 0 Å². The molecule has 0 aliphatic carbocycles. The minimum atomic E-state index is 0.613. The number of hydrogen-bond acceptors (Lipinski definition) is 4. The van der Waals surface area contributed by atoms with Crippen molar-refractivity contribution in [2.45, 2.75) is 33.1 Å². The van der Waals surface area contributed by atoms with Crippen LogP contribution in [0.1, 0.15) is 28.8 Å². The number of nitrogens with one attached hydrogen (secondary N) is 1. The second-order valence-electron chi connectivity index (χ2n) is 6.06. The van der Waals surface area contributed by atoms with Crippen LogP contribution in [0.15, 0.2) is 41.5 Å². The minimum absolute atomic E-state index is 0.613. The van der Waals surface area contributed by atoms with E-state index in [1.807, 2.05) is 13.2 Å². The zero-order valence-electron chi connectivity index (χ0n) is 14.4. The van der Waals surface area contributed by atoms with Gasteiger partial charge in [-0.25, -0.2) is 4.98 Å². The fourth-order valence-corrected chi connectivity index (χ4v) is 3.49. The van der Waals surface area contributed by atoms with E-state index in [-0.39, 0.29) is 0 Å². The second-order valence-corrected chi connectivity index (χ2v) is 7.38. The third kappa shape index (κ3) is 6.63. The molecule has 0 amide bonds. The molecule has 1 aromatic heterocycles. The van der Waals surface area contributed by atoms with Crippen LogP contribution in [0.2, 0.25) is 0 Å². The summed E-state index contributed by atoms with van der Waals surface area (Å²) >= 11 is 1.78. The van der Waals surface area contributed by atoms with Gasteiger partial charge in [-0.05, 0) is 37.7 Å². The molecule has 4 heteroatoms. The molecule has 0 fully saturated rings. The largest absolute Gasteiger partial charge is 0.311 e. The number of rotatable bonds is 9. The van der Waals surface area contributed by atoms with Gasteiger partial charge in [-0.3, -0.25) is 4.99 Å². The van der Waals surface area contributed by atoms with Crippen molar-refractivity contribution in [2.75, 3.05) is 20.1 Å². The average Bonchev–Trinajstić information content (AvgIpc) is 2.96. The second kappa shape index (κ2) is 9.58. The standard InChI is InChI=1S/C19H27N3S/c1-15(11-17-7-5-4-6-8-17)12-18(20-3)13-21-10-9-19-14-22-16(2)23-19/h4-8,14-15,21H,9-13H2,1-3H3/b20-18+. The van der Waals surface area contributed by atoms with E-state index in [4.69, 9.17) is 0 Å². The molecule has 1 atom stereocenters. The third-order valence-corrected chi connectivity index (χ3v) is 4.85. The van der Waals surface area contributed by atoms with Crippen molar-refractivity contribution >= 4 is 17.0 Å². The van der Waals surface area contributed by atoms with Crippen molar-refractivity contribution in [1.29, 1.82) is 0 Å². The first-order valence-corrected chi connectivity index (χ1v) is 9.09. The Morgan fingerprint density at radius 3 is 2.74 bits per heavy atom. The molecule has 1 heterocycles. The highest BCUT2D eigenvalue weighted by atomic mass is 32.1. The van der Waals surface area contributed by atoms with E-state index in [9.17, 15) is 0 Å². The van der Waals surface area contributed by atoms with Gasteiger partial charge in [-0.2, -0.15) is 0 Å². The average molecular weight is 330 g/mol. The van der Waals surface area contributed by atoms with Gasteiger partial charge in [0.05, 0.1) is 5.01 Å². The fourth-order valence-electron chi connectivity index (χ4n) is 2.70. The molecule has 124 valence electrons. The SMILES string of the molecule is C/N=C(/CNCCc1cnc(C)s1)CC(C)Cc1ccccc1. The minimum Gasteiger partial charge on any atom is -0.311 e. The molecule has 2 rings (SSSR count). The predicted octanol–water partition coefficient (Wildman–Crippen LogP) is 3.92. The summed E-state index contributed by atoms with van der Waals surface area (Å²) in [6, 6.07) is 10.7. The summed E-state index contributed by atoms with van der Waals surface area (Å²) in [4.78, 5) is 10.1. The van der Waals surface area contributed by atoms with Crippen LogP contribution in [0.3, 0.4) is 0 Å². The maximum atomic E-state index is 4.46. The zero-order valence-corrected chi connectivity index (χ0v) is 15.2. The van der Waals surface area contributed by atoms with Crippen molar-refractivity contribution in [2.24, 2.45) is 10.9 Å². The molecular formula is C19H27N3S. The molecule has 0 saturated carbocycles. The van der Waals surface area contributed by atoms with Crippen molar-refractivity contribution < 1.29 is 0 Å². The number of aliphatic imine (C=N–C) groups is 1. The Labute approximate surface area is 143 Å². The summed E-state index contributed by atoms with van der Waals surface area (Å²) in [6.07, 6.45) is 5.19. The smallest absolute Gasteiger partial charge is 0.0896 e. The maximum absolute atomic E-state index is 4.46. The zero-order chi connectivity index (χ0) is 16.5. The number of benzene rings is 1. The Kier molecular flexibility index (Phi) is 7.43. The normalized spacial score (nSPS) is 13.3. The summed E-state index contributed by atoms with van der Waals surface area (Å²) in [5.41, 5.74) is 2.66. The predicted molar refractivity (Wildman–Crippen MR) is 101 cm³/mol. The van der Waals surface area contributed by atoms with Crippen LogP contribution < -0.4 is 5.32 Å². The van der Waals surface area contributed by atoms with Gasteiger partial charge in [-0.1, -0.05) is 37.3 Å². The van der Waals surface area contributed by atoms with Crippen LogP contribution in [0.5, 0.6) is 0 Å². The van der Waals surface area contributed by atoms with Crippen molar-refractivity contribution in [3.8, 4) is 0 Å². The van der Waals surface area contributed by atoms with Gasteiger partial charge in [0.1, 0.15) is 0 Å². The summed E-state index contributed by atoms with van der Waals surface area (Å²) < 4.78 is 0. The van der Waals surface area contributed by atoms with E-state index in [0.717, 1.165) is 37.4 Å². The molecule has 1 aromatic carbocycles. The van der Waals surface area contributed by atoms with Gasteiger partial charge < -0.3 is 5.32 Å². The van der Waals surface area contributed by atoms with E-state index < -0.39 is 0 Å². The van der Waals surface area contributed by atoms with Gasteiger partial charge in [0.15, 0.2) is 0 Å². The van der Waals surface area contributed by atoms with E-state index in [2.05, 4.69) is 59.5 Å². The first-order valence-electron chi connectivity index (χ1n) is 8.28. The van der Waals surface area contributed by atoms with Crippen LogP contribution >= 0.6 is 11.3 Å². The molecule has 1 unspecified atom stereocenters. The monoisotopic (exact) mass is 329 g/mol. The van der Waals surface area contributed by atoms with Crippen LogP contribution in [-0.2, 0) is 12.8 Å². The Hall–Kier alpha value is -1.52. The Bertz CT molecular complexity index is 604. The van der Waals surface area contributed by atoms with Crippen molar-refractivity contribution in [3.63, 3.8) is 0 Å². The van der Waals surface area contributed by atoms with Crippen molar-refractivity contribution in [3.05, 3.63) is 52.0 Å². The number of thiazole rings is 1.